The van der Waals surface area contributed by atoms with E-state index in [-0.39, 0.29) is 0 Å². The fraction of sp³-hybridized carbons (Fsp3) is 0. The molecule has 54 heavy (non-hydrogen) atoms. The minimum absolute atomic E-state index is 1.12. The van der Waals surface area contributed by atoms with Gasteiger partial charge in [-0.25, -0.2) is 0 Å². The Morgan fingerprint density at radius 1 is 0.296 bits per heavy atom. The summed E-state index contributed by atoms with van der Waals surface area (Å²) in [6.07, 6.45) is 0. The van der Waals surface area contributed by atoms with E-state index < -0.39 is 0 Å². The molecule has 0 fully saturated rings. The minimum atomic E-state index is 1.12. The van der Waals surface area contributed by atoms with Crippen LogP contribution in [0.2, 0.25) is 0 Å². The summed E-state index contributed by atoms with van der Waals surface area (Å²) < 4.78 is 2.44. The number of nitrogens with zero attached hydrogens (tertiary/aromatic N) is 2. The van der Waals surface area contributed by atoms with Gasteiger partial charge in [-0.15, -0.1) is 0 Å². The zero-order chi connectivity index (χ0) is 35.6. The second-order valence-electron chi connectivity index (χ2n) is 14.1. The van der Waals surface area contributed by atoms with Crippen molar-refractivity contribution < 1.29 is 0 Å². The molecular formula is C52H34N2. The third-order valence-electron chi connectivity index (χ3n) is 11.1. The molecule has 0 spiro atoms. The third kappa shape index (κ3) is 4.74. The van der Waals surface area contributed by atoms with Crippen molar-refractivity contribution in [3.63, 3.8) is 0 Å². The molecule has 2 nitrogen and oxygen atoms in total. The largest absolute Gasteiger partial charge is 0.310 e. The van der Waals surface area contributed by atoms with Gasteiger partial charge in [0.2, 0.25) is 0 Å². The first-order chi connectivity index (χ1) is 26.8. The molecule has 0 N–H and O–H groups in total. The van der Waals surface area contributed by atoms with Crippen molar-refractivity contribution in [3.05, 3.63) is 206 Å². The molecule has 252 valence electrons. The highest BCUT2D eigenvalue weighted by molar-refractivity contribution is 6.26. The van der Waals surface area contributed by atoms with Gasteiger partial charge in [-0.2, -0.15) is 0 Å². The molecule has 0 bridgehead atoms. The highest BCUT2D eigenvalue weighted by atomic mass is 15.1. The Labute approximate surface area is 313 Å². The molecule has 0 aliphatic carbocycles. The van der Waals surface area contributed by atoms with E-state index in [1.165, 1.54) is 76.0 Å². The van der Waals surface area contributed by atoms with Crippen LogP contribution >= 0.6 is 0 Å². The molecule has 1 aromatic heterocycles. The van der Waals surface area contributed by atoms with E-state index in [0.29, 0.717) is 0 Å². The van der Waals surface area contributed by atoms with Gasteiger partial charge in [0.25, 0.3) is 0 Å². The lowest BCUT2D eigenvalue weighted by molar-refractivity contribution is 1.19. The van der Waals surface area contributed by atoms with Crippen LogP contribution in [0.5, 0.6) is 0 Å². The molecule has 2 heteroatoms. The molecule has 0 aliphatic heterocycles. The minimum Gasteiger partial charge on any atom is -0.310 e. The van der Waals surface area contributed by atoms with Gasteiger partial charge in [0, 0.05) is 38.9 Å². The van der Waals surface area contributed by atoms with E-state index in [2.05, 4.69) is 216 Å². The quantitative estimate of drug-likeness (QED) is 0.164. The lowest BCUT2D eigenvalue weighted by atomic mass is 9.94. The maximum absolute atomic E-state index is 2.44. The molecular weight excluding hydrogens is 653 g/mol. The van der Waals surface area contributed by atoms with Gasteiger partial charge >= 0.3 is 0 Å². The van der Waals surface area contributed by atoms with E-state index in [1.54, 1.807) is 0 Å². The summed E-state index contributed by atoms with van der Waals surface area (Å²) >= 11 is 0. The van der Waals surface area contributed by atoms with Crippen LogP contribution in [0.4, 0.5) is 17.1 Å². The van der Waals surface area contributed by atoms with Gasteiger partial charge in [0.1, 0.15) is 0 Å². The molecule has 0 radical (unpaired) electrons. The smallest absolute Gasteiger partial charge is 0.0619 e. The van der Waals surface area contributed by atoms with Crippen molar-refractivity contribution in [2.75, 3.05) is 4.90 Å². The average Bonchev–Trinajstić information content (AvgIpc) is 3.59. The van der Waals surface area contributed by atoms with Gasteiger partial charge in [0.05, 0.1) is 11.0 Å². The SMILES string of the molecule is c1ccc(-c2ccc(-n3c4ccccc4c4ccc5cc(N(c6ccccc6)c6ccc7c8ccccc8c8ccccc8c7c6)ccc5c43)cc2)cc1. The van der Waals surface area contributed by atoms with Crippen LogP contribution in [0.15, 0.2) is 206 Å². The van der Waals surface area contributed by atoms with Crippen LogP contribution in [-0.2, 0) is 0 Å². The lowest BCUT2D eigenvalue weighted by Crippen LogP contribution is -2.09. The molecule has 0 saturated carbocycles. The highest BCUT2D eigenvalue weighted by Gasteiger charge is 2.19. The van der Waals surface area contributed by atoms with Gasteiger partial charge in [0.15, 0.2) is 0 Å². The lowest BCUT2D eigenvalue weighted by Gasteiger charge is -2.26. The number of hydrogen-bond donors (Lipinski definition) is 0. The maximum Gasteiger partial charge on any atom is 0.0619 e. The van der Waals surface area contributed by atoms with E-state index in [0.717, 1.165) is 22.7 Å². The second-order valence-corrected chi connectivity index (χ2v) is 14.1. The number of rotatable bonds is 5. The highest BCUT2D eigenvalue weighted by Crippen LogP contribution is 2.43. The summed E-state index contributed by atoms with van der Waals surface area (Å²) in [5, 5.41) is 12.6. The molecule has 10 aromatic carbocycles. The first-order valence-electron chi connectivity index (χ1n) is 18.6. The number of anilines is 3. The number of para-hydroxylation sites is 2. The van der Waals surface area contributed by atoms with Crippen molar-refractivity contribution in [1.82, 2.24) is 4.57 Å². The van der Waals surface area contributed by atoms with Gasteiger partial charge in [-0.3, -0.25) is 0 Å². The Morgan fingerprint density at radius 2 is 0.796 bits per heavy atom. The van der Waals surface area contributed by atoms with Crippen molar-refractivity contribution >= 4 is 82.0 Å². The van der Waals surface area contributed by atoms with Gasteiger partial charge < -0.3 is 9.47 Å². The Bertz CT molecular complexity index is 3160. The predicted octanol–water partition coefficient (Wildman–Crippen LogP) is 14.5. The molecule has 0 aliphatic rings. The van der Waals surface area contributed by atoms with E-state index in [9.17, 15) is 0 Å². The van der Waals surface area contributed by atoms with Crippen LogP contribution in [0.1, 0.15) is 0 Å². The fourth-order valence-corrected chi connectivity index (χ4v) is 8.68. The third-order valence-corrected chi connectivity index (χ3v) is 11.1. The predicted molar refractivity (Wildman–Crippen MR) is 231 cm³/mol. The Morgan fingerprint density at radius 3 is 1.48 bits per heavy atom. The van der Waals surface area contributed by atoms with Crippen LogP contribution in [-0.4, -0.2) is 4.57 Å². The number of fused-ring (bicyclic) bond motifs is 11. The molecule has 0 unspecified atom stereocenters. The van der Waals surface area contributed by atoms with E-state index in [4.69, 9.17) is 0 Å². The standard InChI is InChI=1S/C52H34N2/c1-3-13-35(14-4-1)36-23-26-39(27-24-36)54-51-22-12-11-21-48(51)49-30-25-37-33-40(28-31-42(37)52(49)54)53(38-15-5-2-6-16-38)41-29-32-47-45-19-8-7-17-43(45)44-18-9-10-20-46(44)50(47)34-41/h1-34H. The molecule has 11 aromatic rings. The Balaban J connectivity index is 1.11. The van der Waals surface area contributed by atoms with E-state index in [1.807, 2.05) is 0 Å². The van der Waals surface area contributed by atoms with Crippen LogP contribution < -0.4 is 4.90 Å². The van der Waals surface area contributed by atoms with Gasteiger partial charge in [-0.05, 0) is 103 Å². The van der Waals surface area contributed by atoms with Crippen LogP contribution in [0.25, 0.3) is 81.7 Å². The average molecular weight is 687 g/mol. The van der Waals surface area contributed by atoms with Crippen molar-refractivity contribution in [2.24, 2.45) is 0 Å². The maximum atomic E-state index is 2.44. The fourth-order valence-electron chi connectivity index (χ4n) is 8.68. The van der Waals surface area contributed by atoms with Crippen LogP contribution in [0.3, 0.4) is 0 Å². The Kier molecular flexibility index (Phi) is 6.90. The molecule has 11 rings (SSSR count). The summed E-state index contributed by atoms with van der Waals surface area (Å²) in [4.78, 5) is 2.39. The number of benzene rings is 10. The zero-order valence-electron chi connectivity index (χ0n) is 29.5. The topological polar surface area (TPSA) is 8.17 Å². The van der Waals surface area contributed by atoms with Crippen molar-refractivity contribution in [2.45, 2.75) is 0 Å². The molecule has 0 atom stereocenters. The van der Waals surface area contributed by atoms with E-state index >= 15 is 0 Å². The monoisotopic (exact) mass is 686 g/mol. The van der Waals surface area contributed by atoms with Crippen molar-refractivity contribution in [1.29, 1.82) is 0 Å². The summed E-state index contributed by atoms with van der Waals surface area (Å²) in [7, 11) is 0. The first-order valence-corrected chi connectivity index (χ1v) is 18.6. The van der Waals surface area contributed by atoms with Gasteiger partial charge in [-0.1, -0.05) is 152 Å². The molecule has 0 saturated heterocycles. The first kappa shape index (κ1) is 30.5. The molecule has 1 heterocycles. The summed E-state index contributed by atoms with van der Waals surface area (Å²) in [5.74, 6) is 0. The Hall–Kier alpha value is -7.16. The number of hydrogen-bond acceptors (Lipinski definition) is 1. The second kappa shape index (κ2) is 12.2. The normalized spacial score (nSPS) is 11.7. The summed E-state index contributed by atoms with van der Waals surface area (Å²) in [6.45, 7) is 0. The molecule has 0 amide bonds. The zero-order valence-corrected chi connectivity index (χ0v) is 29.5. The summed E-state index contributed by atoms with van der Waals surface area (Å²) in [5.41, 5.74) is 9.39. The van der Waals surface area contributed by atoms with Crippen LogP contribution in [0, 0.1) is 0 Å². The van der Waals surface area contributed by atoms with Crippen molar-refractivity contribution in [3.8, 4) is 16.8 Å². The summed E-state index contributed by atoms with van der Waals surface area (Å²) in [6, 6.07) is 75.2. The number of aromatic nitrogens is 1.